The number of aromatic nitrogens is 6. The van der Waals surface area contributed by atoms with Gasteiger partial charge in [0, 0.05) is 20.1 Å². The van der Waals surface area contributed by atoms with Gasteiger partial charge in [-0.2, -0.15) is 15.0 Å². The van der Waals surface area contributed by atoms with Crippen molar-refractivity contribution >= 4 is 29.3 Å². The Morgan fingerprint density at radius 1 is 1.15 bits per heavy atom. The fourth-order valence-electron chi connectivity index (χ4n) is 1.57. The maximum Gasteiger partial charge on any atom is 0.230 e. The minimum absolute atomic E-state index is 0.184. The van der Waals surface area contributed by atoms with Gasteiger partial charge in [0.15, 0.2) is 5.16 Å². The van der Waals surface area contributed by atoms with Gasteiger partial charge in [0.25, 0.3) is 0 Å². The molecule has 2 aromatic heterocycles. The molecule has 0 aliphatic carbocycles. The first-order valence-electron chi connectivity index (χ1n) is 6.25. The molecule has 0 radical (unpaired) electrons. The van der Waals surface area contributed by atoms with Crippen molar-refractivity contribution in [1.82, 2.24) is 29.7 Å². The molecule has 0 fully saturated rings. The number of anilines is 1. The zero-order valence-corrected chi connectivity index (χ0v) is 13.4. The van der Waals surface area contributed by atoms with Crippen LogP contribution in [0.1, 0.15) is 19.7 Å². The highest BCUT2D eigenvalue weighted by Gasteiger charge is 2.14. The maximum atomic E-state index is 5.97. The molecule has 20 heavy (non-hydrogen) atoms. The van der Waals surface area contributed by atoms with Gasteiger partial charge in [-0.05, 0) is 44.1 Å². The third-order valence-corrected chi connectivity index (χ3v) is 3.93. The lowest BCUT2D eigenvalue weighted by Gasteiger charge is -2.18. The number of aryl methyl sites for hydroxylation is 1. The molecule has 0 unspecified atom stereocenters. The molecule has 0 aromatic carbocycles. The fourth-order valence-corrected chi connectivity index (χ4v) is 2.55. The van der Waals surface area contributed by atoms with E-state index >= 15 is 0 Å². The topological polar surface area (TPSA) is 72.6 Å². The van der Waals surface area contributed by atoms with Crippen LogP contribution in [0.15, 0.2) is 10.3 Å². The molecule has 0 bridgehead atoms. The number of halogens is 1. The average molecular weight is 314 g/mol. The van der Waals surface area contributed by atoms with E-state index in [2.05, 4.69) is 25.1 Å². The van der Waals surface area contributed by atoms with E-state index in [4.69, 9.17) is 11.6 Å². The van der Waals surface area contributed by atoms with Crippen LogP contribution >= 0.6 is 23.4 Å². The lowest BCUT2D eigenvalue weighted by atomic mass is 10.5. The molecule has 108 valence electrons. The van der Waals surface area contributed by atoms with Crippen LogP contribution in [0, 0.1) is 6.92 Å². The van der Waals surface area contributed by atoms with E-state index < -0.39 is 0 Å². The third kappa shape index (κ3) is 3.18. The van der Waals surface area contributed by atoms with Gasteiger partial charge < -0.3 is 9.47 Å². The summed E-state index contributed by atoms with van der Waals surface area (Å²) in [6, 6.07) is 0. The van der Waals surface area contributed by atoms with Crippen molar-refractivity contribution in [3.05, 3.63) is 11.1 Å². The van der Waals surface area contributed by atoms with Crippen LogP contribution in [-0.4, -0.2) is 42.8 Å². The van der Waals surface area contributed by atoms with Crippen molar-refractivity contribution in [2.75, 3.05) is 18.0 Å². The zero-order valence-electron chi connectivity index (χ0n) is 11.8. The van der Waals surface area contributed by atoms with Gasteiger partial charge in [-0.1, -0.05) is 0 Å². The molecular formula is C11H16ClN7S. The first-order valence-corrected chi connectivity index (χ1v) is 7.45. The summed E-state index contributed by atoms with van der Waals surface area (Å²) in [5.41, 5.74) is 0. The van der Waals surface area contributed by atoms with E-state index in [1.807, 2.05) is 37.3 Å². The zero-order chi connectivity index (χ0) is 14.7. The first-order chi connectivity index (χ1) is 9.55. The molecule has 0 amide bonds. The van der Waals surface area contributed by atoms with E-state index in [1.165, 1.54) is 11.8 Å². The van der Waals surface area contributed by atoms with Crippen LogP contribution in [0.25, 0.3) is 0 Å². The Morgan fingerprint density at radius 2 is 1.85 bits per heavy atom. The highest BCUT2D eigenvalue weighted by Crippen LogP contribution is 2.25. The summed E-state index contributed by atoms with van der Waals surface area (Å²) < 4.78 is 1.87. The van der Waals surface area contributed by atoms with Crippen molar-refractivity contribution in [2.45, 2.75) is 31.1 Å². The van der Waals surface area contributed by atoms with Crippen LogP contribution in [0.4, 0.5) is 5.95 Å². The Morgan fingerprint density at radius 3 is 2.40 bits per heavy atom. The third-order valence-electron chi connectivity index (χ3n) is 2.86. The van der Waals surface area contributed by atoms with Gasteiger partial charge in [-0.15, -0.1) is 10.2 Å². The Hall–Kier alpha value is -1.41. The molecular weight excluding hydrogens is 298 g/mol. The number of nitrogens with zero attached hydrogens (tertiary/aromatic N) is 7. The summed E-state index contributed by atoms with van der Waals surface area (Å²) >= 11 is 7.29. The average Bonchev–Trinajstić information content (AvgIpc) is 2.72. The molecule has 0 N–H and O–H groups in total. The van der Waals surface area contributed by atoms with Gasteiger partial charge in [0.1, 0.15) is 5.82 Å². The summed E-state index contributed by atoms with van der Waals surface area (Å²) in [4.78, 5) is 14.7. The number of rotatable bonds is 5. The molecule has 2 heterocycles. The molecule has 0 atom stereocenters. The van der Waals surface area contributed by atoms with Crippen LogP contribution in [0.3, 0.4) is 0 Å². The predicted octanol–water partition coefficient (Wildman–Crippen LogP) is 1.96. The van der Waals surface area contributed by atoms with Crippen molar-refractivity contribution < 1.29 is 0 Å². The quantitative estimate of drug-likeness (QED) is 0.835. The van der Waals surface area contributed by atoms with E-state index in [-0.39, 0.29) is 5.28 Å². The van der Waals surface area contributed by atoms with Crippen LogP contribution in [-0.2, 0) is 7.05 Å². The molecule has 0 saturated carbocycles. The smallest absolute Gasteiger partial charge is 0.230 e. The van der Waals surface area contributed by atoms with Crippen molar-refractivity contribution in [2.24, 2.45) is 7.05 Å². The van der Waals surface area contributed by atoms with Gasteiger partial charge in [-0.3, -0.25) is 0 Å². The van der Waals surface area contributed by atoms with Crippen LogP contribution in [0.5, 0.6) is 0 Å². The Labute approximate surface area is 126 Å². The van der Waals surface area contributed by atoms with E-state index in [1.54, 1.807) is 0 Å². The molecule has 0 aliphatic heterocycles. The highest BCUT2D eigenvalue weighted by atomic mass is 35.5. The Bertz CT molecular complexity index is 596. The van der Waals surface area contributed by atoms with Crippen molar-refractivity contribution in [3.63, 3.8) is 0 Å². The Balaban J connectivity index is 2.30. The Kier molecular flexibility index (Phi) is 4.77. The molecule has 0 saturated heterocycles. The number of hydrogen-bond donors (Lipinski definition) is 0. The lowest BCUT2D eigenvalue weighted by Crippen LogP contribution is -2.24. The fraction of sp³-hybridized carbons (Fsp3) is 0.545. The SMILES string of the molecule is CCN(CC)c1nc(Cl)nc(Sc2nnc(C)n2C)n1. The van der Waals surface area contributed by atoms with Gasteiger partial charge in [-0.25, -0.2) is 0 Å². The summed E-state index contributed by atoms with van der Waals surface area (Å²) in [5, 5.41) is 9.49. The lowest BCUT2D eigenvalue weighted by molar-refractivity contribution is 0.754. The summed E-state index contributed by atoms with van der Waals surface area (Å²) in [7, 11) is 1.89. The second kappa shape index (κ2) is 6.36. The normalized spacial score (nSPS) is 10.8. The minimum Gasteiger partial charge on any atom is -0.341 e. The molecule has 9 heteroatoms. The molecule has 0 aliphatic rings. The standard InChI is InChI=1S/C11H16ClN7S/c1-5-19(6-2)9-13-8(12)14-10(15-9)20-11-17-16-7(3)18(11)4/h5-6H2,1-4H3. The highest BCUT2D eigenvalue weighted by molar-refractivity contribution is 7.99. The first kappa shape index (κ1) is 15.0. The summed E-state index contributed by atoms with van der Waals surface area (Å²) in [5.74, 6) is 1.41. The number of hydrogen-bond acceptors (Lipinski definition) is 7. The second-order valence-electron chi connectivity index (χ2n) is 4.05. The molecule has 2 rings (SSSR count). The van der Waals surface area contributed by atoms with Crippen molar-refractivity contribution in [3.8, 4) is 0 Å². The molecule has 2 aromatic rings. The minimum atomic E-state index is 0.184. The van der Waals surface area contributed by atoms with Crippen LogP contribution < -0.4 is 4.90 Å². The van der Waals surface area contributed by atoms with Gasteiger partial charge in [0.2, 0.25) is 16.4 Å². The molecule has 0 spiro atoms. The van der Waals surface area contributed by atoms with Crippen molar-refractivity contribution in [1.29, 1.82) is 0 Å². The molecule has 7 nitrogen and oxygen atoms in total. The predicted molar refractivity (Wildman–Crippen MR) is 78.3 cm³/mol. The monoisotopic (exact) mass is 313 g/mol. The summed E-state index contributed by atoms with van der Waals surface area (Å²) in [6.07, 6.45) is 0. The van der Waals surface area contributed by atoms with E-state index in [0.29, 0.717) is 11.1 Å². The van der Waals surface area contributed by atoms with Gasteiger partial charge >= 0.3 is 0 Å². The van der Waals surface area contributed by atoms with E-state index in [9.17, 15) is 0 Å². The largest absolute Gasteiger partial charge is 0.341 e. The van der Waals surface area contributed by atoms with Crippen LogP contribution in [0.2, 0.25) is 5.28 Å². The van der Waals surface area contributed by atoms with E-state index in [0.717, 1.165) is 24.1 Å². The second-order valence-corrected chi connectivity index (χ2v) is 5.32. The maximum absolute atomic E-state index is 5.97. The summed E-state index contributed by atoms with van der Waals surface area (Å²) in [6.45, 7) is 7.59. The van der Waals surface area contributed by atoms with Gasteiger partial charge in [0.05, 0.1) is 0 Å².